The summed E-state index contributed by atoms with van der Waals surface area (Å²) in [4.78, 5) is 44.5. The van der Waals surface area contributed by atoms with Crippen LogP contribution in [0.1, 0.15) is 66.7 Å². The number of pyridine rings is 1. The fraction of sp³-hybridized carbons (Fsp3) is 0.265. The zero-order valence-corrected chi connectivity index (χ0v) is 24.4. The van der Waals surface area contributed by atoms with Crippen LogP contribution < -0.4 is 21.9 Å². The number of nitrogen functional groups attached to an aromatic ring is 1. The fourth-order valence-corrected chi connectivity index (χ4v) is 5.89. The summed E-state index contributed by atoms with van der Waals surface area (Å²) in [5, 5.41) is 11.3. The lowest BCUT2D eigenvalue weighted by Gasteiger charge is -2.21. The molecule has 10 heteroatoms. The van der Waals surface area contributed by atoms with Crippen LogP contribution in [0.4, 0.5) is 5.82 Å². The van der Waals surface area contributed by atoms with Gasteiger partial charge in [-0.3, -0.25) is 19.0 Å². The Hall–Kier alpha value is -5.43. The van der Waals surface area contributed by atoms with E-state index in [1.165, 1.54) is 10.9 Å². The van der Waals surface area contributed by atoms with E-state index in [9.17, 15) is 14.4 Å². The second-order valence-corrected chi connectivity index (χ2v) is 11.0. The molecule has 0 radical (unpaired) electrons. The second-order valence-electron chi connectivity index (χ2n) is 11.0. The van der Waals surface area contributed by atoms with E-state index in [0.717, 1.165) is 25.7 Å². The van der Waals surface area contributed by atoms with Crippen LogP contribution in [0.15, 0.2) is 77.9 Å². The molecular formula is C34H33N7O3. The molecule has 1 unspecified atom stereocenters. The number of amides is 2. The molecule has 4 N–H and O–H groups in total. The summed E-state index contributed by atoms with van der Waals surface area (Å²) < 4.78 is 3.05. The highest BCUT2D eigenvalue weighted by atomic mass is 16.2. The molecule has 0 bridgehead atoms. The molecule has 6 rings (SSSR count). The summed E-state index contributed by atoms with van der Waals surface area (Å²) in [6.45, 7) is 2.02. The number of aromatic nitrogens is 4. The van der Waals surface area contributed by atoms with Gasteiger partial charge in [0.25, 0.3) is 11.5 Å². The van der Waals surface area contributed by atoms with Crippen molar-refractivity contribution in [1.29, 1.82) is 0 Å². The van der Waals surface area contributed by atoms with Gasteiger partial charge < -0.3 is 16.4 Å². The van der Waals surface area contributed by atoms with Crippen LogP contribution in [-0.2, 0) is 4.79 Å². The standard InChI is InChI=1S/C34H33N7O3/c1-22(38-33(43)29-30(35)39-40-20-10-19-36-31(29)40)27-21-25-14-8-13-23(15-9-18-37-32(42)24-11-4-2-5-12-24)28(25)34(44)41(27)26-16-6-3-7-17-26/h3,6-8,10,13-14,16-17,19-22,24H,2,4-5,11-12,18H2,1H3,(H2,35,39)(H,37,42)(H,38,43). The van der Waals surface area contributed by atoms with Crippen molar-refractivity contribution < 1.29 is 9.59 Å². The summed E-state index contributed by atoms with van der Waals surface area (Å²) in [5.74, 6) is 5.86. The number of nitrogens with zero attached hydrogens (tertiary/aromatic N) is 4. The molecule has 2 amide bonds. The first-order valence-corrected chi connectivity index (χ1v) is 14.8. The highest BCUT2D eigenvalue weighted by Crippen LogP contribution is 2.25. The largest absolute Gasteiger partial charge is 0.381 e. The third kappa shape index (κ3) is 5.64. The Labute approximate surface area is 254 Å². The first-order valence-electron chi connectivity index (χ1n) is 14.8. The molecule has 0 saturated heterocycles. The van der Waals surface area contributed by atoms with E-state index in [0.29, 0.717) is 33.4 Å². The monoisotopic (exact) mass is 587 g/mol. The second kappa shape index (κ2) is 12.4. The molecule has 1 aliphatic carbocycles. The number of hydrogen-bond donors (Lipinski definition) is 3. The minimum absolute atomic E-state index is 0.0469. The van der Waals surface area contributed by atoms with Gasteiger partial charge in [-0.15, -0.1) is 5.10 Å². The number of benzene rings is 2. The van der Waals surface area contributed by atoms with Crippen LogP contribution >= 0.6 is 0 Å². The smallest absolute Gasteiger partial charge is 0.264 e. The van der Waals surface area contributed by atoms with Gasteiger partial charge >= 0.3 is 0 Å². The van der Waals surface area contributed by atoms with E-state index >= 15 is 0 Å². The zero-order valence-electron chi connectivity index (χ0n) is 24.4. The van der Waals surface area contributed by atoms with E-state index in [2.05, 4.69) is 32.6 Å². The third-order valence-electron chi connectivity index (χ3n) is 8.08. The number of nitrogens with one attached hydrogen (secondary N) is 2. The minimum atomic E-state index is -0.595. The predicted molar refractivity (Wildman–Crippen MR) is 169 cm³/mol. The molecule has 44 heavy (non-hydrogen) atoms. The lowest BCUT2D eigenvalue weighted by Crippen LogP contribution is -2.32. The molecule has 1 saturated carbocycles. The number of anilines is 1. The molecule has 1 aliphatic rings. The van der Waals surface area contributed by atoms with Crippen LogP contribution in [0.2, 0.25) is 0 Å². The third-order valence-corrected chi connectivity index (χ3v) is 8.08. The summed E-state index contributed by atoms with van der Waals surface area (Å²) in [6.07, 6.45) is 8.44. The van der Waals surface area contributed by atoms with Gasteiger partial charge in [-0.2, -0.15) is 0 Å². The maximum absolute atomic E-state index is 14.2. The van der Waals surface area contributed by atoms with Crippen LogP contribution in [0.25, 0.3) is 22.1 Å². The Balaban J connectivity index is 1.34. The number of fused-ring (bicyclic) bond motifs is 2. The molecular weight excluding hydrogens is 554 g/mol. The molecule has 3 heterocycles. The van der Waals surface area contributed by atoms with Crippen molar-refractivity contribution >= 4 is 34.1 Å². The average molecular weight is 588 g/mol. The number of carbonyl (C=O) groups excluding carboxylic acids is 2. The molecule has 1 atom stereocenters. The normalized spacial score (nSPS) is 14.1. The first-order chi connectivity index (χ1) is 21.4. The zero-order chi connectivity index (χ0) is 30.6. The highest BCUT2D eigenvalue weighted by molar-refractivity contribution is 6.04. The van der Waals surface area contributed by atoms with Gasteiger partial charge in [0.15, 0.2) is 11.5 Å². The molecule has 1 fully saturated rings. The van der Waals surface area contributed by atoms with Crippen molar-refractivity contribution in [1.82, 2.24) is 29.8 Å². The van der Waals surface area contributed by atoms with E-state index in [1.54, 1.807) is 29.1 Å². The minimum Gasteiger partial charge on any atom is -0.381 e. The lowest BCUT2D eigenvalue weighted by molar-refractivity contribution is -0.125. The van der Waals surface area contributed by atoms with E-state index < -0.39 is 11.9 Å². The SMILES string of the molecule is CC(NC(=O)c1c(N)nn2cccnc12)c1cc2cccc(C#CCNC(=O)C3CCCCC3)c2c(=O)n1-c1ccccc1. The van der Waals surface area contributed by atoms with Gasteiger partial charge in [0.05, 0.1) is 18.0 Å². The maximum Gasteiger partial charge on any atom is 0.264 e. The maximum atomic E-state index is 14.2. The molecule has 222 valence electrons. The van der Waals surface area contributed by atoms with Crippen LogP contribution in [0.5, 0.6) is 0 Å². The fourth-order valence-electron chi connectivity index (χ4n) is 5.89. The molecule has 10 nitrogen and oxygen atoms in total. The van der Waals surface area contributed by atoms with E-state index in [-0.39, 0.29) is 35.3 Å². The average Bonchev–Trinajstić information content (AvgIpc) is 3.39. The van der Waals surface area contributed by atoms with Gasteiger partial charge in [0, 0.05) is 35.3 Å². The highest BCUT2D eigenvalue weighted by Gasteiger charge is 2.24. The van der Waals surface area contributed by atoms with Crippen molar-refractivity contribution in [2.24, 2.45) is 5.92 Å². The van der Waals surface area contributed by atoms with Crippen molar-refractivity contribution in [2.45, 2.75) is 45.1 Å². The summed E-state index contributed by atoms with van der Waals surface area (Å²) in [7, 11) is 0. The lowest BCUT2D eigenvalue weighted by atomic mass is 9.89. The van der Waals surface area contributed by atoms with E-state index in [4.69, 9.17) is 5.73 Å². The summed E-state index contributed by atoms with van der Waals surface area (Å²) >= 11 is 0. The van der Waals surface area contributed by atoms with Gasteiger partial charge in [-0.25, -0.2) is 9.50 Å². The van der Waals surface area contributed by atoms with Crippen LogP contribution in [-0.4, -0.2) is 37.5 Å². The van der Waals surface area contributed by atoms with Crippen molar-refractivity contribution in [3.8, 4) is 17.5 Å². The van der Waals surface area contributed by atoms with Gasteiger partial charge in [-0.1, -0.05) is 61.4 Å². The number of carbonyl (C=O) groups is 2. The van der Waals surface area contributed by atoms with Crippen molar-refractivity contribution in [3.63, 3.8) is 0 Å². The molecule has 0 aliphatic heterocycles. The number of nitrogens with two attached hydrogens (primary N) is 1. The van der Waals surface area contributed by atoms with Gasteiger partial charge in [-0.05, 0) is 55.5 Å². The molecule has 3 aromatic heterocycles. The Morgan fingerprint density at radius 3 is 2.66 bits per heavy atom. The van der Waals surface area contributed by atoms with Crippen LogP contribution in [0.3, 0.4) is 0 Å². The van der Waals surface area contributed by atoms with E-state index in [1.807, 2.05) is 55.5 Å². The molecule has 0 spiro atoms. The first kappa shape index (κ1) is 28.7. The van der Waals surface area contributed by atoms with Crippen LogP contribution in [0, 0.1) is 17.8 Å². The molecule has 2 aromatic carbocycles. The summed E-state index contributed by atoms with van der Waals surface area (Å²) in [6, 6.07) is 17.8. The molecule has 5 aromatic rings. The van der Waals surface area contributed by atoms with Crippen molar-refractivity contribution in [3.05, 3.63) is 100 Å². The summed E-state index contributed by atoms with van der Waals surface area (Å²) in [5.41, 5.74) is 8.12. The Kier molecular flexibility index (Phi) is 8.10. The topological polar surface area (TPSA) is 136 Å². The number of para-hydroxylation sites is 1. The van der Waals surface area contributed by atoms with Gasteiger partial charge in [0.2, 0.25) is 5.91 Å². The predicted octanol–water partition coefficient (Wildman–Crippen LogP) is 4.15. The Morgan fingerprint density at radius 1 is 1.07 bits per heavy atom. The Morgan fingerprint density at radius 2 is 1.86 bits per heavy atom. The number of rotatable bonds is 6. The quantitative estimate of drug-likeness (QED) is 0.255. The number of hydrogen-bond acceptors (Lipinski definition) is 6. The Bertz CT molecular complexity index is 1980. The van der Waals surface area contributed by atoms with Gasteiger partial charge in [0.1, 0.15) is 5.56 Å². The van der Waals surface area contributed by atoms with Crippen molar-refractivity contribution in [2.75, 3.05) is 12.3 Å².